The third-order valence-electron chi connectivity index (χ3n) is 3.37. The third kappa shape index (κ3) is 5.32. The van der Waals surface area contributed by atoms with Gasteiger partial charge in [0.25, 0.3) is 11.8 Å². The molecular weight excluding hydrogens is 384 g/mol. The van der Waals surface area contributed by atoms with Crippen LogP contribution in [0.2, 0.25) is 0 Å². The van der Waals surface area contributed by atoms with E-state index in [0.29, 0.717) is 35.1 Å². The fraction of sp³-hybridized carbons (Fsp3) is 0.263. The molecule has 0 saturated carbocycles. The molecule has 6 heteroatoms. The first-order valence-electron chi connectivity index (χ1n) is 7.96. The molecule has 2 aromatic carbocycles. The smallest absolute Gasteiger partial charge is 0.259 e. The van der Waals surface area contributed by atoms with Gasteiger partial charge < -0.3 is 15.4 Å². The molecule has 0 spiro atoms. The Kier molecular flexibility index (Phi) is 6.58. The van der Waals surface area contributed by atoms with Crippen LogP contribution in [0.25, 0.3) is 0 Å². The first kappa shape index (κ1) is 19.0. The molecule has 2 N–H and O–H groups in total. The highest BCUT2D eigenvalue weighted by Crippen LogP contribution is 2.25. The van der Waals surface area contributed by atoms with E-state index in [1.807, 2.05) is 19.9 Å². The number of rotatable bonds is 6. The summed E-state index contributed by atoms with van der Waals surface area (Å²) in [6, 6.07) is 12.1. The second kappa shape index (κ2) is 8.67. The summed E-state index contributed by atoms with van der Waals surface area (Å²) < 4.78 is 6.53. The number of halogens is 1. The molecule has 0 bridgehead atoms. The van der Waals surface area contributed by atoms with E-state index < -0.39 is 0 Å². The summed E-state index contributed by atoms with van der Waals surface area (Å²) in [5.41, 5.74) is 1.45. The van der Waals surface area contributed by atoms with Crippen molar-refractivity contribution in [3.63, 3.8) is 0 Å². The Hall–Kier alpha value is -2.34. The van der Waals surface area contributed by atoms with E-state index in [9.17, 15) is 9.59 Å². The average Bonchev–Trinajstić information content (AvgIpc) is 2.60. The molecule has 0 aliphatic heterocycles. The van der Waals surface area contributed by atoms with Crippen molar-refractivity contribution in [2.45, 2.75) is 13.8 Å². The first-order valence-corrected chi connectivity index (χ1v) is 8.76. The van der Waals surface area contributed by atoms with E-state index in [1.165, 1.54) is 0 Å². The topological polar surface area (TPSA) is 67.4 Å². The number of hydrogen-bond acceptors (Lipinski definition) is 3. The van der Waals surface area contributed by atoms with Gasteiger partial charge in [-0.1, -0.05) is 35.8 Å². The molecule has 132 valence electrons. The number of carbonyl (C=O) groups excluding carboxylic acids is 2. The molecule has 0 aromatic heterocycles. The lowest BCUT2D eigenvalue weighted by Crippen LogP contribution is -2.19. The minimum absolute atomic E-state index is 0.209. The van der Waals surface area contributed by atoms with Crippen LogP contribution in [0.3, 0.4) is 0 Å². The van der Waals surface area contributed by atoms with E-state index in [-0.39, 0.29) is 11.8 Å². The number of hydrogen-bond donors (Lipinski definition) is 2. The third-order valence-corrected chi connectivity index (χ3v) is 3.86. The van der Waals surface area contributed by atoms with Crippen molar-refractivity contribution in [3.8, 4) is 5.75 Å². The Morgan fingerprint density at radius 2 is 1.88 bits per heavy atom. The van der Waals surface area contributed by atoms with Gasteiger partial charge in [0.05, 0.1) is 12.2 Å². The van der Waals surface area contributed by atoms with Gasteiger partial charge in [0.1, 0.15) is 5.75 Å². The molecule has 5 nitrogen and oxygen atoms in total. The summed E-state index contributed by atoms with van der Waals surface area (Å²) in [6.07, 6.45) is 0. The van der Waals surface area contributed by atoms with Crippen LogP contribution in [0.5, 0.6) is 5.75 Å². The zero-order valence-electron chi connectivity index (χ0n) is 14.4. The quantitative estimate of drug-likeness (QED) is 0.761. The van der Waals surface area contributed by atoms with Crippen LogP contribution in [-0.4, -0.2) is 25.5 Å². The normalized spacial score (nSPS) is 10.4. The van der Waals surface area contributed by atoms with Crippen molar-refractivity contribution in [3.05, 3.63) is 58.1 Å². The highest BCUT2D eigenvalue weighted by Gasteiger charge is 2.15. The van der Waals surface area contributed by atoms with Crippen LogP contribution in [0, 0.1) is 5.92 Å². The van der Waals surface area contributed by atoms with Gasteiger partial charge in [0, 0.05) is 22.8 Å². The zero-order chi connectivity index (χ0) is 18.4. The van der Waals surface area contributed by atoms with Crippen molar-refractivity contribution < 1.29 is 14.3 Å². The van der Waals surface area contributed by atoms with Crippen molar-refractivity contribution in [1.29, 1.82) is 0 Å². The van der Waals surface area contributed by atoms with Crippen molar-refractivity contribution >= 4 is 33.4 Å². The van der Waals surface area contributed by atoms with Crippen LogP contribution in [0.1, 0.15) is 34.6 Å². The Balaban J connectivity index is 2.23. The number of anilines is 1. The van der Waals surface area contributed by atoms with E-state index in [4.69, 9.17) is 4.74 Å². The van der Waals surface area contributed by atoms with Gasteiger partial charge in [-0.3, -0.25) is 9.59 Å². The molecule has 0 aliphatic carbocycles. The highest BCUT2D eigenvalue weighted by atomic mass is 79.9. The maximum Gasteiger partial charge on any atom is 0.259 e. The van der Waals surface area contributed by atoms with Gasteiger partial charge in [0.15, 0.2) is 0 Å². The second-order valence-electron chi connectivity index (χ2n) is 5.96. The Morgan fingerprint density at radius 1 is 1.12 bits per heavy atom. The lowest BCUT2D eigenvalue weighted by Gasteiger charge is -2.14. The maximum absolute atomic E-state index is 12.7. The Labute approximate surface area is 155 Å². The first-order chi connectivity index (χ1) is 11.9. The van der Waals surface area contributed by atoms with Crippen LogP contribution in [-0.2, 0) is 0 Å². The minimum Gasteiger partial charge on any atom is -0.492 e. The minimum atomic E-state index is -0.297. The van der Waals surface area contributed by atoms with E-state index in [1.54, 1.807) is 43.4 Å². The molecular formula is C19H21BrN2O3. The molecule has 25 heavy (non-hydrogen) atoms. The monoisotopic (exact) mass is 404 g/mol. The number of carbonyl (C=O) groups is 2. The van der Waals surface area contributed by atoms with Crippen LogP contribution in [0.15, 0.2) is 46.9 Å². The SMILES string of the molecule is CNC(=O)c1cccc(NC(=O)c2cc(Br)ccc2OCC(C)C)c1. The van der Waals surface area contributed by atoms with Gasteiger partial charge >= 0.3 is 0 Å². The van der Waals surface area contributed by atoms with Gasteiger partial charge in [-0.15, -0.1) is 0 Å². The predicted molar refractivity (Wildman–Crippen MR) is 102 cm³/mol. The lowest BCUT2D eigenvalue weighted by atomic mass is 10.1. The molecule has 0 unspecified atom stereocenters. The van der Waals surface area contributed by atoms with Crippen LogP contribution in [0.4, 0.5) is 5.69 Å². The lowest BCUT2D eigenvalue weighted by molar-refractivity contribution is 0.0961. The fourth-order valence-electron chi connectivity index (χ4n) is 2.14. The predicted octanol–water partition coefficient (Wildman–Crippen LogP) is 4.10. The van der Waals surface area contributed by atoms with Crippen LogP contribution >= 0.6 is 15.9 Å². The summed E-state index contributed by atoms with van der Waals surface area (Å²) in [5.74, 6) is 0.370. The molecule has 0 saturated heterocycles. The summed E-state index contributed by atoms with van der Waals surface area (Å²) >= 11 is 3.38. The number of benzene rings is 2. The van der Waals surface area contributed by atoms with Crippen molar-refractivity contribution in [1.82, 2.24) is 5.32 Å². The molecule has 2 rings (SSSR count). The fourth-order valence-corrected chi connectivity index (χ4v) is 2.50. The average molecular weight is 405 g/mol. The Morgan fingerprint density at radius 3 is 2.56 bits per heavy atom. The molecule has 0 fully saturated rings. The summed E-state index contributed by atoms with van der Waals surface area (Å²) in [6.45, 7) is 4.61. The van der Waals surface area contributed by atoms with Gasteiger partial charge in [-0.25, -0.2) is 0 Å². The van der Waals surface area contributed by atoms with E-state index in [0.717, 1.165) is 4.47 Å². The maximum atomic E-state index is 12.7. The number of amides is 2. The molecule has 0 aliphatic rings. The van der Waals surface area contributed by atoms with E-state index >= 15 is 0 Å². The molecule has 0 radical (unpaired) electrons. The van der Waals surface area contributed by atoms with Gasteiger partial charge in [-0.2, -0.15) is 0 Å². The molecule has 2 aromatic rings. The number of ether oxygens (including phenoxy) is 1. The molecule has 0 atom stereocenters. The Bertz CT molecular complexity index is 775. The highest BCUT2D eigenvalue weighted by molar-refractivity contribution is 9.10. The standard InChI is InChI=1S/C19H21BrN2O3/c1-12(2)11-25-17-8-7-14(20)10-16(17)19(24)22-15-6-4-5-13(9-15)18(23)21-3/h4-10,12H,11H2,1-3H3,(H,21,23)(H,22,24). The van der Waals surface area contributed by atoms with E-state index in [2.05, 4.69) is 26.6 Å². The molecule has 2 amide bonds. The van der Waals surface area contributed by atoms with Gasteiger partial charge in [0.2, 0.25) is 0 Å². The van der Waals surface area contributed by atoms with Crippen molar-refractivity contribution in [2.75, 3.05) is 19.0 Å². The second-order valence-corrected chi connectivity index (χ2v) is 6.88. The van der Waals surface area contributed by atoms with Crippen molar-refractivity contribution in [2.24, 2.45) is 5.92 Å². The van der Waals surface area contributed by atoms with Crippen LogP contribution < -0.4 is 15.4 Å². The largest absolute Gasteiger partial charge is 0.492 e. The zero-order valence-corrected chi connectivity index (χ0v) is 16.0. The molecule has 0 heterocycles. The number of nitrogens with one attached hydrogen (secondary N) is 2. The summed E-state index contributed by atoms with van der Waals surface area (Å²) in [5, 5.41) is 5.37. The summed E-state index contributed by atoms with van der Waals surface area (Å²) in [4.78, 5) is 24.4. The van der Waals surface area contributed by atoms with Gasteiger partial charge in [-0.05, 0) is 42.3 Å². The summed E-state index contributed by atoms with van der Waals surface area (Å²) in [7, 11) is 1.56.